The summed E-state index contributed by atoms with van der Waals surface area (Å²) in [5.74, 6) is 0.231. The number of thioether (sulfide) groups is 1. The van der Waals surface area contributed by atoms with Gasteiger partial charge in [-0.15, -0.1) is 22.0 Å². The van der Waals surface area contributed by atoms with Gasteiger partial charge in [0.1, 0.15) is 5.75 Å². The lowest BCUT2D eigenvalue weighted by Gasteiger charge is -2.35. The molecule has 2 heterocycles. The second kappa shape index (κ2) is 18.2. The van der Waals surface area contributed by atoms with E-state index >= 15 is 0 Å². The highest BCUT2D eigenvalue weighted by atomic mass is 32.2. The topological polar surface area (TPSA) is 99.7 Å². The first kappa shape index (κ1) is 41.2. The van der Waals surface area contributed by atoms with E-state index in [-0.39, 0.29) is 40.5 Å². The summed E-state index contributed by atoms with van der Waals surface area (Å²) in [5.41, 5.74) is -1.33. The minimum absolute atomic E-state index is 0.0666. The SMILES string of the molecule is CCOc1cccc(-c2cc(C(=O)N3CCN(c4ccc(C(=O)NSc5ccc(NCCSc6ccccc6)c(C(F)(F)F)c5)nn4)CC3)cc(C(F)(F)F)c2)c1. The second-order valence-corrected chi connectivity index (χ2v) is 14.7. The average molecular weight is 827 g/mol. The fourth-order valence-electron chi connectivity index (χ4n) is 5.95. The molecule has 1 aliphatic heterocycles. The van der Waals surface area contributed by atoms with Crippen molar-refractivity contribution in [1.82, 2.24) is 19.8 Å². The molecule has 57 heavy (non-hydrogen) atoms. The van der Waals surface area contributed by atoms with E-state index in [4.69, 9.17) is 4.74 Å². The van der Waals surface area contributed by atoms with Crippen LogP contribution in [0, 0.1) is 0 Å². The molecule has 0 spiro atoms. The van der Waals surface area contributed by atoms with Crippen molar-refractivity contribution in [3.05, 3.63) is 126 Å². The third kappa shape index (κ3) is 10.9. The molecule has 2 N–H and O–H groups in total. The van der Waals surface area contributed by atoms with Gasteiger partial charge in [-0.2, -0.15) is 26.3 Å². The van der Waals surface area contributed by atoms with Gasteiger partial charge in [0.25, 0.3) is 11.8 Å². The zero-order valence-electron chi connectivity index (χ0n) is 30.4. The van der Waals surface area contributed by atoms with Crippen LogP contribution in [0.1, 0.15) is 38.9 Å². The monoisotopic (exact) mass is 826 g/mol. The number of ether oxygens (including phenoxy) is 1. The molecule has 0 atom stereocenters. The van der Waals surface area contributed by atoms with Crippen LogP contribution >= 0.6 is 23.7 Å². The van der Waals surface area contributed by atoms with Crippen molar-refractivity contribution >= 4 is 47.0 Å². The number of hydrogen-bond donors (Lipinski definition) is 2. The normalized spacial score (nSPS) is 13.3. The van der Waals surface area contributed by atoms with Crippen LogP contribution in [0.4, 0.5) is 37.8 Å². The first-order valence-corrected chi connectivity index (χ1v) is 19.5. The van der Waals surface area contributed by atoms with Crippen molar-refractivity contribution in [2.75, 3.05) is 55.3 Å². The molecule has 5 aromatic rings. The molecule has 6 rings (SSSR count). The third-order valence-corrected chi connectivity index (χ3v) is 10.5. The van der Waals surface area contributed by atoms with Crippen LogP contribution in [0.25, 0.3) is 11.1 Å². The van der Waals surface area contributed by atoms with Crippen LogP contribution in [0.3, 0.4) is 0 Å². The molecule has 9 nitrogen and oxygen atoms in total. The maximum atomic E-state index is 13.9. The smallest absolute Gasteiger partial charge is 0.418 e. The van der Waals surface area contributed by atoms with Crippen molar-refractivity contribution < 1.29 is 40.7 Å². The molecule has 1 aliphatic rings. The van der Waals surface area contributed by atoms with Gasteiger partial charge in [-0.05, 0) is 103 Å². The molecule has 1 fully saturated rings. The number of nitrogens with zero attached hydrogens (tertiary/aromatic N) is 4. The number of aromatic nitrogens is 2. The minimum Gasteiger partial charge on any atom is -0.494 e. The Balaban J connectivity index is 1.03. The fourth-order valence-corrected chi connectivity index (χ4v) is 7.37. The highest BCUT2D eigenvalue weighted by Crippen LogP contribution is 2.38. The van der Waals surface area contributed by atoms with E-state index in [9.17, 15) is 35.9 Å². The lowest BCUT2D eigenvalue weighted by molar-refractivity contribution is -0.138. The summed E-state index contributed by atoms with van der Waals surface area (Å²) in [7, 11) is 0. The van der Waals surface area contributed by atoms with E-state index in [0.717, 1.165) is 23.1 Å². The number of anilines is 2. The Morgan fingerprint density at radius 2 is 1.54 bits per heavy atom. The van der Waals surface area contributed by atoms with E-state index in [1.54, 1.807) is 37.3 Å². The molecule has 0 saturated carbocycles. The summed E-state index contributed by atoms with van der Waals surface area (Å²) < 4.78 is 91.6. The predicted octanol–water partition coefficient (Wildman–Crippen LogP) is 9.18. The molecule has 17 heteroatoms. The van der Waals surface area contributed by atoms with Crippen molar-refractivity contribution in [2.45, 2.75) is 29.1 Å². The van der Waals surface area contributed by atoms with E-state index in [1.165, 1.54) is 40.9 Å². The summed E-state index contributed by atoms with van der Waals surface area (Å²) in [4.78, 5) is 30.8. The van der Waals surface area contributed by atoms with E-state index < -0.39 is 35.3 Å². The molecular weight excluding hydrogens is 791 g/mol. The number of alkyl halides is 6. The minimum atomic E-state index is -4.68. The Labute approximate surface area is 333 Å². The number of rotatable bonds is 13. The molecule has 298 valence electrons. The number of benzene rings is 4. The van der Waals surface area contributed by atoms with Crippen LogP contribution in [0.2, 0.25) is 0 Å². The summed E-state index contributed by atoms with van der Waals surface area (Å²) in [6.07, 6.45) is -9.31. The Hall–Kier alpha value is -5.42. The molecule has 0 unspecified atom stereocenters. The lowest BCUT2D eigenvalue weighted by Crippen LogP contribution is -2.49. The van der Waals surface area contributed by atoms with E-state index in [0.29, 0.717) is 61.1 Å². The van der Waals surface area contributed by atoms with E-state index in [2.05, 4.69) is 20.2 Å². The van der Waals surface area contributed by atoms with Gasteiger partial charge in [-0.1, -0.05) is 30.3 Å². The summed E-state index contributed by atoms with van der Waals surface area (Å²) in [5, 5.41) is 11.0. The first-order valence-electron chi connectivity index (χ1n) is 17.7. The van der Waals surface area contributed by atoms with Gasteiger partial charge in [0.2, 0.25) is 0 Å². The van der Waals surface area contributed by atoms with Crippen molar-refractivity contribution in [3.8, 4) is 16.9 Å². The fraction of sp³-hybridized carbons (Fsp3) is 0.250. The Kier molecular flexibility index (Phi) is 13.2. The number of halogens is 6. The Morgan fingerprint density at radius 3 is 2.23 bits per heavy atom. The number of nitrogens with one attached hydrogen (secondary N) is 2. The maximum absolute atomic E-state index is 13.9. The quantitative estimate of drug-likeness (QED) is 0.0521. The molecular formula is C40H36F6N6O3S2. The summed E-state index contributed by atoms with van der Waals surface area (Å²) in [6.45, 7) is 3.45. The summed E-state index contributed by atoms with van der Waals surface area (Å²) >= 11 is 2.23. The van der Waals surface area contributed by atoms with Gasteiger partial charge >= 0.3 is 12.4 Å². The van der Waals surface area contributed by atoms with Crippen molar-refractivity contribution in [3.63, 3.8) is 0 Å². The van der Waals surface area contributed by atoms with Crippen LogP contribution in [0.5, 0.6) is 5.75 Å². The highest BCUT2D eigenvalue weighted by Gasteiger charge is 2.35. The van der Waals surface area contributed by atoms with Gasteiger partial charge in [0.05, 0.1) is 17.7 Å². The van der Waals surface area contributed by atoms with Crippen molar-refractivity contribution in [2.24, 2.45) is 0 Å². The third-order valence-electron chi connectivity index (χ3n) is 8.75. The molecule has 0 bridgehead atoms. The molecule has 4 aromatic carbocycles. The van der Waals surface area contributed by atoms with Crippen LogP contribution in [-0.2, 0) is 12.4 Å². The molecule has 1 aromatic heterocycles. The molecule has 0 radical (unpaired) electrons. The Bertz CT molecular complexity index is 2170. The van der Waals surface area contributed by atoms with Crippen molar-refractivity contribution in [1.29, 1.82) is 0 Å². The van der Waals surface area contributed by atoms with Gasteiger partial charge in [-0.25, -0.2) is 0 Å². The molecule has 2 amide bonds. The van der Waals surface area contributed by atoms with Crippen LogP contribution in [0.15, 0.2) is 113 Å². The van der Waals surface area contributed by atoms with Crippen LogP contribution in [-0.4, -0.2) is 72.0 Å². The van der Waals surface area contributed by atoms with Gasteiger partial charge < -0.3 is 19.9 Å². The standard InChI is InChI=1S/C40H36F6N6O3S2/c1-2-55-30-8-6-7-26(24-30)27-21-28(23-29(22-27)39(41,42)43)38(54)52-18-16-51(17-19-52)36-14-13-35(48-49-36)37(53)50-57-32-11-12-34(33(25-32)40(44,45)46)47-15-20-56-31-9-4-3-5-10-31/h3-14,21-25,47H,2,15-20H2,1H3,(H,50,53). The largest absolute Gasteiger partial charge is 0.494 e. The highest BCUT2D eigenvalue weighted by molar-refractivity contribution is 7.99. The van der Waals surface area contributed by atoms with Gasteiger partial charge in [-0.3, -0.25) is 14.3 Å². The van der Waals surface area contributed by atoms with Gasteiger partial charge in [0, 0.05) is 59.5 Å². The number of carbonyl (C=O) groups excluding carboxylic acids is 2. The number of carbonyl (C=O) groups is 2. The Morgan fingerprint density at radius 1 is 0.772 bits per heavy atom. The second-order valence-electron chi connectivity index (χ2n) is 12.6. The summed E-state index contributed by atoms with van der Waals surface area (Å²) in [6, 6.07) is 26.2. The van der Waals surface area contributed by atoms with Gasteiger partial charge in [0.15, 0.2) is 11.5 Å². The predicted molar refractivity (Wildman–Crippen MR) is 209 cm³/mol. The molecule has 0 aliphatic carbocycles. The zero-order chi connectivity index (χ0) is 40.6. The maximum Gasteiger partial charge on any atom is 0.418 e. The van der Waals surface area contributed by atoms with Crippen LogP contribution < -0.4 is 19.7 Å². The first-order chi connectivity index (χ1) is 27.3. The lowest BCUT2D eigenvalue weighted by atomic mass is 9.98. The molecule has 1 saturated heterocycles. The zero-order valence-corrected chi connectivity index (χ0v) is 32.0. The number of amides is 2. The van der Waals surface area contributed by atoms with E-state index in [1.807, 2.05) is 35.2 Å². The number of hydrogen-bond acceptors (Lipinski definition) is 9. The number of piperazine rings is 1. The average Bonchev–Trinajstić information content (AvgIpc) is 3.21.